The van der Waals surface area contributed by atoms with Gasteiger partial charge in [0.2, 0.25) is 23.6 Å². The molecule has 1 unspecified atom stereocenters. The van der Waals surface area contributed by atoms with E-state index in [-0.39, 0.29) is 29.5 Å². The number of carbonyl (C=O) groups is 4. The summed E-state index contributed by atoms with van der Waals surface area (Å²) in [5.41, 5.74) is 2.27. The van der Waals surface area contributed by atoms with Gasteiger partial charge in [0, 0.05) is 11.4 Å². The van der Waals surface area contributed by atoms with Crippen molar-refractivity contribution in [1.29, 1.82) is 0 Å². The lowest BCUT2D eigenvalue weighted by Crippen LogP contribution is -2.67. The van der Waals surface area contributed by atoms with Gasteiger partial charge in [-0.3, -0.25) is 19.2 Å². The Morgan fingerprint density at radius 3 is 1.70 bits per heavy atom. The van der Waals surface area contributed by atoms with Crippen LogP contribution in [0.4, 0.5) is 11.4 Å². The molecule has 4 amide bonds. The molecule has 0 aromatic heterocycles. The molecule has 0 aliphatic carbocycles. The van der Waals surface area contributed by atoms with Crippen molar-refractivity contribution in [3.05, 3.63) is 59.7 Å². The molecule has 4 saturated heterocycles. The fourth-order valence-electron chi connectivity index (χ4n) is 8.91. The largest absolute Gasteiger partial charge is 0.364 e. The minimum Gasteiger partial charge on any atom is -0.364 e. The summed E-state index contributed by atoms with van der Waals surface area (Å²) in [5, 5.41) is 13.2. The van der Waals surface area contributed by atoms with E-state index in [9.17, 15) is 19.2 Å². The van der Waals surface area contributed by atoms with Crippen molar-refractivity contribution in [1.82, 2.24) is 20.4 Å². The van der Waals surface area contributed by atoms with E-state index in [1.807, 2.05) is 50.2 Å². The first-order valence-electron chi connectivity index (χ1n) is 14.2. The molecule has 6 aliphatic rings. The molecule has 0 radical (unpaired) electrons. The predicted octanol–water partition coefficient (Wildman–Crippen LogP) is 1.24. The SMILES string of the molecule is CC(C)[C@H]1NC(=O)[C@H]2C[C@@]3(C45C[C@H]6C(=O)N[C@@H](C)C(=O)N6[C@H]4Nc4ccccc45)c4ccccc4N[C@H]3N2C1=O. The molecule has 40 heavy (non-hydrogen) atoms. The molecule has 4 fully saturated rings. The zero-order chi connectivity index (χ0) is 27.7. The number of amides is 4. The first kappa shape index (κ1) is 23.8. The molecule has 4 N–H and O–H groups in total. The highest BCUT2D eigenvalue weighted by Gasteiger charge is 2.78. The maximum Gasteiger partial charge on any atom is 0.247 e. The Bertz CT molecular complexity index is 1530. The summed E-state index contributed by atoms with van der Waals surface area (Å²) in [6, 6.07) is 13.5. The number of piperazine rings is 2. The van der Waals surface area contributed by atoms with Gasteiger partial charge in [0.05, 0.1) is 10.8 Å². The van der Waals surface area contributed by atoms with Crippen LogP contribution < -0.4 is 21.3 Å². The molecular weight excluding hydrogens is 508 g/mol. The number of hydrogen-bond acceptors (Lipinski definition) is 6. The Morgan fingerprint density at radius 1 is 0.700 bits per heavy atom. The van der Waals surface area contributed by atoms with Crippen LogP contribution in [0.3, 0.4) is 0 Å². The summed E-state index contributed by atoms with van der Waals surface area (Å²) in [4.78, 5) is 58.5. The van der Waals surface area contributed by atoms with Gasteiger partial charge in [-0.15, -0.1) is 0 Å². The molecule has 6 heterocycles. The quantitative estimate of drug-likeness (QED) is 0.455. The molecule has 10 heteroatoms. The Labute approximate surface area is 231 Å². The van der Waals surface area contributed by atoms with Gasteiger partial charge in [0.15, 0.2) is 0 Å². The minimum absolute atomic E-state index is 0.0702. The molecule has 8 rings (SSSR count). The second-order valence-electron chi connectivity index (χ2n) is 12.5. The van der Waals surface area contributed by atoms with Crippen LogP contribution in [0.2, 0.25) is 0 Å². The number of nitrogens with one attached hydrogen (secondary N) is 4. The molecule has 0 bridgehead atoms. The highest BCUT2D eigenvalue weighted by molar-refractivity contribution is 6.01. The lowest BCUT2D eigenvalue weighted by atomic mass is 9.54. The Hall–Kier alpha value is -4.08. The van der Waals surface area contributed by atoms with Crippen LogP contribution in [0, 0.1) is 5.92 Å². The van der Waals surface area contributed by atoms with Crippen LogP contribution in [0.1, 0.15) is 44.7 Å². The van der Waals surface area contributed by atoms with Crippen LogP contribution in [0.5, 0.6) is 0 Å². The van der Waals surface area contributed by atoms with Crippen molar-refractivity contribution < 1.29 is 19.2 Å². The van der Waals surface area contributed by atoms with Gasteiger partial charge in [0.25, 0.3) is 0 Å². The summed E-state index contributed by atoms with van der Waals surface area (Å²) in [7, 11) is 0. The predicted molar refractivity (Wildman–Crippen MR) is 146 cm³/mol. The van der Waals surface area contributed by atoms with E-state index < -0.39 is 47.3 Å². The number of anilines is 2. The van der Waals surface area contributed by atoms with Crippen molar-refractivity contribution in [2.75, 3.05) is 10.6 Å². The van der Waals surface area contributed by atoms with Crippen molar-refractivity contribution in [2.24, 2.45) is 5.92 Å². The van der Waals surface area contributed by atoms with Gasteiger partial charge in [-0.1, -0.05) is 50.2 Å². The normalized spacial score (nSPS) is 38.5. The van der Waals surface area contributed by atoms with Crippen molar-refractivity contribution in [2.45, 2.75) is 80.9 Å². The van der Waals surface area contributed by atoms with Crippen molar-refractivity contribution in [3.8, 4) is 0 Å². The van der Waals surface area contributed by atoms with E-state index in [1.165, 1.54) is 0 Å². The van der Waals surface area contributed by atoms with Crippen LogP contribution in [-0.2, 0) is 30.0 Å². The lowest BCUT2D eigenvalue weighted by molar-refractivity contribution is -0.150. The van der Waals surface area contributed by atoms with Crippen LogP contribution in [-0.4, -0.2) is 69.9 Å². The van der Waals surface area contributed by atoms with Gasteiger partial charge in [-0.2, -0.15) is 0 Å². The standard InChI is InChI=1S/C30H32N6O4/c1-14(2)22-26(40)36-21(24(38)34-22)13-30(17-9-5-7-11-19(17)33-28(30)36)29-12-20-23(37)31-15(3)25(39)35(20)27(29)32-18-10-6-4-8-16(18)29/h4-11,14-15,20-22,27-28,32-33H,12-13H2,1-3H3,(H,31,37)(H,34,38)/t15-,20-,21+,22+,27+,28-,29?,30+/m0/s1. The average molecular weight is 541 g/mol. The molecule has 2 aromatic carbocycles. The number of benzene rings is 2. The third-order valence-electron chi connectivity index (χ3n) is 10.5. The summed E-state index contributed by atoms with van der Waals surface area (Å²) in [5.74, 6) is -0.627. The number of carbonyl (C=O) groups excluding carboxylic acids is 4. The summed E-state index contributed by atoms with van der Waals surface area (Å²) in [6.45, 7) is 5.60. The van der Waals surface area contributed by atoms with E-state index in [0.29, 0.717) is 12.8 Å². The van der Waals surface area contributed by atoms with E-state index in [2.05, 4.69) is 33.4 Å². The third-order valence-corrected chi connectivity index (χ3v) is 10.5. The number of nitrogens with zero attached hydrogens (tertiary/aromatic N) is 2. The van der Waals surface area contributed by atoms with Crippen LogP contribution in [0.25, 0.3) is 0 Å². The number of fused-ring (bicyclic) bond motifs is 11. The summed E-state index contributed by atoms with van der Waals surface area (Å²) >= 11 is 0. The van der Waals surface area contributed by atoms with Crippen LogP contribution >= 0.6 is 0 Å². The first-order chi connectivity index (χ1) is 19.2. The average Bonchev–Trinajstić information content (AvgIpc) is 3.63. The molecule has 10 nitrogen and oxygen atoms in total. The van der Waals surface area contributed by atoms with Crippen LogP contribution in [0.15, 0.2) is 48.5 Å². The Balaban J connectivity index is 1.41. The number of para-hydroxylation sites is 2. The molecule has 6 aliphatic heterocycles. The monoisotopic (exact) mass is 540 g/mol. The van der Waals surface area contributed by atoms with Gasteiger partial charge in [-0.05, 0) is 48.9 Å². The molecule has 0 saturated carbocycles. The molecule has 206 valence electrons. The third kappa shape index (κ3) is 2.51. The number of hydrogen-bond donors (Lipinski definition) is 4. The lowest BCUT2D eigenvalue weighted by Gasteiger charge is -2.48. The molecule has 8 atom stereocenters. The zero-order valence-corrected chi connectivity index (χ0v) is 22.6. The fraction of sp³-hybridized carbons (Fsp3) is 0.467. The second-order valence-corrected chi connectivity index (χ2v) is 12.5. The maximum atomic E-state index is 14.1. The first-order valence-corrected chi connectivity index (χ1v) is 14.2. The van der Waals surface area contributed by atoms with Gasteiger partial charge in [-0.25, -0.2) is 0 Å². The van der Waals surface area contributed by atoms with Gasteiger partial charge in [0.1, 0.15) is 36.5 Å². The zero-order valence-electron chi connectivity index (χ0n) is 22.6. The smallest absolute Gasteiger partial charge is 0.247 e. The summed E-state index contributed by atoms with van der Waals surface area (Å²) in [6.07, 6.45) is -0.292. The fourth-order valence-corrected chi connectivity index (χ4v) is 8.91. The second kappa shape index (κ2) is 7.56. The Morgan fingerprint density at radius 2 is 1.18 bits per heavy atom. The van der Waals surface area contributed by atoms with Gasteiger partial charge < -0.3 is 31.1 Å². The van der Waals surface area contributed by atoms with E-state index in [1.54, 1.807) is 16.7 Å². The highest BCUT2D eigenvalue weighted by atomic mass is 16.2. The number of rotatable bonds is 2. The van der Waals surface area contributed by atoms with E-state index >= 15 is 0 Å². The molecule has 2 aromatic rings. The molecular formula is C30H32N6O4. The topological polar surface area (TPSA) is 123 Å². The maximum absolute atomic E-state index is 14.1. The van der Waals surface area contributed by atoms with Gasteiger partial charge >= 0.3 is 0 Å². The molecule has 0 spiro atoms. The Kier molecular flexibility index (Phi) is 4.49. The van der Waals surface area contributed by atoms with E-state index in [4.69, 9.17) is 0 Å². The van der Waals surface area contributed by atoms with Crippen molar-refractivity contribution in [3.63, 3.8) is 0 Å². The minimum atomic E-state index is -0.793. The highest BCUT2D eigenvalue weighted by Crippen LogP contribution is 2.68. The van der Waals surface area contributed by atoms with E-state index in [0.717, 1.165) is 22.5 Å². The summed E-state index contributed by atoms with van der Waals surface area (Å²) < 4.78 is 0. The van der Waals surface area contributed by atoms with Crippen molar-refractivity contribution >= 4 is 35.0 Å².